The van der Waals surface area contributed by atoms with Gasteiger partial charge in [-0.2, -0.15) is 18.3 Å². The number of carbonyl (C=O) groups is 3. The number of ether oxygens (including phenoxy) is 1. The number of thiophene rings is 1. The van der Waals surface area contributed by atoms with E-state index >= 15 is 0 Å². The minimum Gasteiger partial charge on any atom is -0.462 e. The SMILES string of the molecule is CCOC(=O)c1c(NC(=O)C(C)Cn2nc(C(F)(F)F)cc2C2CC2)sc(C(N)=O)c1C. The Morgan fingerprint density at radius 1 is 1.38 bits per heavy atom. The summed E-state index contributed by atoms with van der Waals surface area (Å²) in [4.78, 5) is 36.9. The molecule has 174 valence electrons. The first-order chi connectivity index (χ1) is 14.9. The first-order valence-corrected chi connectivity index (χ1v) is 10.8. The van der Waals surface area contributed by atoms with Gasteiger partial charge in [-0.05, 0) is 38.3 Å². The average molecular weight is 472 g/mol. The van der Waals surface area contributed by atoms with Gasteiger partial charge in [-0.15, -0.1) is 11.3 Å². The first-order valence-electron chi connectivity index (χ1n) is 10.00. The van der Waals surface area contributed by atoms with Gasteiger partial charge in [0.15, 0.2) is 5.69 Å². The van der Waals surface area contributed by atoms with E-state index in [4.69, 9.17) is 10.5 Å². The van der Waals surface area contributed by atoms with Gasteiger partial charge in [0.1, 0.15) is 5.00 Å². The summed E-state index contributed by atoms with van der Waals surface area (Å²) in [6.45, 7) is 4.70. The molecule has 1 atom stereocenters. The highest BCUT2D eigenvalue weighted by molar-refractivity contribution is 7.18. The Morgan fingerprint density at radius 2 is 2.03 bits per heavy atom. The average Bonchev–Trinajstić information content (AvgIpc) is 3.35. The van der Waals surface area contributed by atoms with E-state index in [-0.39, 0.29) is 34.5 Å². The second-order valence-electron chi connectivity index (χ2n) is 7.64. The predicted octanol–water partition coefficient (Wildman–Crippen LogP) is 3.70. The number of aromatic nitrogens is 2. The van der Waals surface area contributed by atoms with Crippen LogP contribution in [0, 0.1) is 12.8 Å². The number of nitrogens with two attached hydrogens (primary N) is 1. The number of hydrogen-bond donors (Lipinski definition) is 2. The summed E-state index contributed by atoms with van der Waals surface area (Å²) in [5.41, 5.74) is 5.14. The summed E-state index contributed by atoms with van der Waals surface area (Å²) in [6.07, 6.45) is -3.03. The van der Waals surface area contributed by atoms with Crippen LogP contribution in [-0.2, 0) is 22.3 Å². The summed E-state index contributed by atoms with van der Waals surface area (Å²) in [5.74, 6) is -2.78. The zero-order valence-electron chi connectivity index (χ0n) is 17.7. The van der Waals surface area contributed by atoms with Crippen LogP contribution < -0.4 is 11.1 Å². The van der Waals surface area contributed by atoms with Crippen LogP contribution in [0.3, 0.4) is 0 Å². The van der Waals surface area contributed by atoms with Gasteiger partial charge in [0.2, 0.25) is 5.91 Å². The van der Waals surface area contributed by atoms with Gasteiger partial charge in [-0.1, -0.05) is 6.92 Å². The fourth-order valence-corrected chi connectivity index (χ4v) is 4.34. The molecule has 1 unspecified atom stereocenters. The third kappa shape index (κ3) is 4.95. The minimum absolute atomic E-state index is 0.00217. The standard InChI is InChI=1S/C20H23F3N4O4S/c1-4-31-19(30)14-10(3)15(16(24)28)32-18(14)25-17(29)9(2)8-27-12(11-5-6-11)7-13(26-27)20(21,22)23/h7,9,11H,4-6,8H2,1-3H3,(H2,24,28)(H,25,29). The Kier molecular flexibility index (Phi) is 6.63. The number of esters is 1. The maximum Gasteiger partial charge on any atom is 0.435 e. The number of hydrogen-bond acceptors (Lipinski definition) is 6. The van der Waals surface area contributed by atoms with Crippen molar-refractivity contribution in [3.05, 3.63) is 33.5 Å². The van der Waals surface area contributed by atoms with Gasteiger partial charge in [-0.25, -0.2) is 4.79 Å². The molecule has 8 nitrogen and oxygen atoms in total. The highest BCUT2D eigenvalue weighted by Gasteiger charge is 2.38. The monoisotopic (exact) mass is 472 g/mol. The Balaban J connectivity index is 1.82. The van der Waals surface area contributed by atoms with Crippen molar-refractivity contribution in [1.82, 2.24) is 9.78 Å². The molecule has 1 aliphatic rings. The van der Waals surface area contributed by atoms with Gasteiger partial charge >= 0.3 is 12.1 Å². The molecule has 0 spiro atoms. The van der Waals surface area contributed by atoms with Crippen molar-refractivity contribution in [2.75, 3.05) is 11.9 Å². The lowest BCUT2D eigenvalue weighted by molar-refractivity contribution is -0.141. The third-order valence-corrected chi connectivity index (χ3v) is 6.30. The summed E-state index contributed by atoms with van der Waals surface area (Å²) in [5, 5.41) is 6.36. The topological polar surface area (TPSA) is 116 Å². The molecule has 32 heavy (non-hydrogen) atoms. The summed E-state index contributed by atoms with van der Waals surface area (Å²) >= 11 is 0.847. The van der Waals surface area contributed by atoms with Crippen LogP contribution in [0.5, 0.6) is 0 Å². The molecule has 0 aromatic carbocycles. The first kappa shape index (κ1) is 23.8. The van der Waals surface area contributed by atoms with Crippen molar-refractivity contribution >= 4 is 34.1 Å². The second kappa shape index (κ2) is 8.93. The number of rotatable bonds is 8. The molecule has 3 rings (SSSR count). The smallest absolute Gasteiger partial charge is 0.435 e. The van der Waals surface area contributed by atoms with Gasteiger partial charge in [-0.3, -0.25) is 14.3 Å². The lowest BCUT2D eigenvalue weighted by atomic mass is 10.1. The zero-order chi connectivity index (χ0) is 23.8. The van der Waals surface area contributed by atoms with Crippen molar-refractivity contribution in [3.63, 3.8) is 0 Å². The van der Waals surface area contributed by atoms with Crippen LogP contribution in [-0.4, -0.2) is 34.2 Å². The van der Waals surface area contributed by atoms with E-state index in [2.05, 4.69) is 10.4 Å². The number of nitrogens with zero attached hydrogens (tertiary/aromatic N) is 2. The van der Waals surface area contributed by atoms with Crippen LogP contribution in [0.25, 0.3) is 0 Å². The van der Waals surface area contributed by atoms with E-state index in [1.165, 1.54) is 11.6 Å². The van der Waals surface area contributed by atoms with Gasteiger partial charge in [0, 0.05) is 11.6 Å². The quantitative estimate of drug-likeness (QED) is 0.569. The van der Waals surface area contributed by atoms with Crippen molar-refractivity contribution in [2.45, 2.75) is 52.3 Å². The number of amides is 2. The Morgan fingerprint density at radius 3 is 2.56 bits per heavy atom. The predicted molar refractivity (Wildman–Crippen MR) is 111 cm³/mol. The van der Waals surface area contributed by atoms with Crippen molar-refractivity contribution in [1.29, 1.82) is 0 Å². The molecule has 2 aromatic heterocycles. The molecule has 3 N–H and O–H groups in total. The van der Waals surface area contributed by atoms with E-state index in [9.17, 15) is 27.6 Å². The Bertz CT molecular complexity index is 1060. The maximum atomic E-state index is 13.1. The Labute approximate surface area is 185 Å². The van der Waals surface area contributed by atoms with Crippen LogP contribution in [0.4, 0.5) is 18.2 Å². The lowest BCUT2D eigenvalue weighted by Gasteiger charge is -2.14. The van der Waals surface area contributed by atoms with Gasteiger partial charge < -0.3 is 15.8 Å². The molecule has 12 heteroatoms. The minimum atomic E-state index is -4.57. The third-order valence-electron chi connectivity index (χ3n) is 5.08. The molecule has 2 heterocycles. The van der Waals surface area contributed by atoms with E-state index in [1.54, 1.807) is 13.8 Å². The van der Waals surface area contributed by atoms with E-state index in [1.807, 2.05) is 0 Å². The molecule has 1 fully saturated rings. The highest BCUT2D eigenvalue weighted by Crippen LogP contribution is 2.42. The second-order valence-corrected chi connectivity index (χ2v) is 8.66. The molecule has 0 saturated heterocycles. The molecule has 2 aromatic rings. The summed E-state index contributed by atoms with van der Waals surface area (Å²) in [7, 11) is 0. The molecule has 0 aliphatic heterocycles. The summed E-state index contributed by atoms with van der Waals surface area (Å²) < 4.78 is 45.5. The molecule has 0 radical (unpaired) electrons. The molecule has 1 saturated carbocycles. The number of alkyl halides is 3. The summed E-state index contributed by atoms with van der Waals surface area (Å²) in [6, 6.07) is 1.03. The fraction of sp³-hybridized carbons (Fsp3) is 0.500. The number of carbonyl (C=O) groups excluding carboxylic acids is 3. The largest absolute Gasteiger partial charge is 0.462 e. The van der Waals surface area contributed by atoms with Crippen LogP contribution in [0.2, 0.25) is 0 Å². The van der Waals surface area contributed by atoms with Crippen LogP contribution in [0.15, 0.2) is 6.07 Å². The van der Waals surface area contributed by atoms with E-state index in [0.717, 1.165) is 30.2 Å². The van der Waals surface area contributed by atoms with Gasteiger partial charge in [0.05, 0.1) is 29.5 Å². The molecular weight excluding hydrogens is 449 g/mol. The maximum absolute atomic E-state index is 13.1. The van der Waals surface area contributed by atoms with E-state index < -0.39 is 35.6 Å². The van der Waals surface area contributed by atoms with Crippen LogP contribution in [0.1, 0.15) is 69.6 Å². The number of nitrogens with one attached hydrogen (secondary N) is 1. The zero-order valence-corrected chi connectivity index (χ0v) is 18.5. The Hall–Kier alpha value is -2.89. The normalized spacial score (nSPS) is 14.8. The molecule has 1 aliphatic carbocycles. The lowest BCUT2D eigenvalue weighted by Crippen LogP contribution is -2.26. The number of halogens is 3. The van der Waals surface area contributed by atoms with E-state index in [0.29, 0.717) is 11.3 Å². The highest BCUT2D eigenvalue weighted by atomic mass is 32.1. The van der Waals surface area contributed by atoms with Crippen molar-refractivity contribution < 1.29 is 32.3 Å². The van der Waals surface area contributed by atoms with Crippen molar-refractivity contribution in [3.8, 4) is 0 Å². The van der Waals surface area contributed by atoms with Crippen molar-refractivity contribution in [2.24, 2.45) is 11.7 Å². The van der Waals surface area contributed by atoms with Crippen LogP contribution >= 0.6 is 11.3 Å². The molecule has 0 bridgehead atoms. The fourth-order valence-electron chi connectivity index (χ4n) is 3.29. The van der Waals surface area contributed by atoms with Gasteiger partial charge in [0.25, 0.3) is 5.91 Å². The number of anilines is 1. The molecule has 2 amide bonds. The number of primary amides is 1. The molecular formula is C20H23F3N4O4S.